The van der Waals surface area contributed by atoms with Crippen LogP contribution in [0.25, 0.3) is 0 Å². The monoisotopic (exact) mass is 368 g/mol. The highest BCUT2D eigenvalue weighted by Crippen LogP contribution is 2.27. The molecule has 2 aliphatic heterocycles. The minimum absolute atomic E-state index is 0.831. The Bertz CT molecular complexity index is 707. The molecule has 2 fully saturated rings. The minimum atomic E-state index is 0.831. The van der Waals surface area contributed by atoms with E-state index in [1.54, 1.807) is 16.9 Å². The van der Waals surface area contributed by atoms with Crippen LogP contribution in [0.15, 0.2) is 48.7 Å². The SMILES string of the molecule is COc1ccccc1N1CC[NH+](C2CC[NH+](Cc3ccccn3)CC2)CC1. The molecule has 1 aromatic heterocycles. The van der Waals surface area contributed by atoms with E-state index in [0.717, 1.165) is 31.4 Å². The van der Waals surface area contributed by atoms with Gasteiger partial charge in [0.2, 0.25) is 0 Å². The van der Waals surface area contributed by atoms with E-state index >= 15 is 0 Å². The van der Waals surface area contributed by atoms with Gasteiger partial charge in [-0.3, -0.25) is 4.98 Å². The molecule has 27 heavy (non-hydrogen) atoms. The molecule has 0 atom stereocenters. The third-order valence-corrected chi connectivity index (χ3v) is 6.26. The summed E-state index contributed by atoms with van der Waals surface area (Å²) in [6.07, 6.45) is 4.59. The second-order valence-electron chi connectivity index (χ2n) is 7.84. The maximum absolute atomic E-state index is 5.55. The fourth-order valence-corrected chi connectivity index (χ4v) is 4.70. The molecule has 2 N–H and O–H groups in total. The number of pyridine rings is 1. The van der Waals surface area contributed by atoms with Crippen molar-refractivity contribution < 1.29 is 14.5 Å². The molecule has 0 radical (unpaired) electrons. The predicted octanol–water partition coefficient (Wildman–Crippen LogP) is 0.0426. The van der Waals surface area contributed by atoms with Crippen LogP contribution in [-0.2, 0) is 6.54 Å². The molecule has 144 valence electrons. The normalized spacial score (nSPS) is 24.0. The first-order valence-electron chi connectivity index (χ1n) is 10.3. The molecule has 2 aromatic rings. The number of rotatable bonds is 5. The van der Waals surface area contributed by atoms with Crippen molar-refractivity contribution in [3.63, 3.8) is 0 Å². The number of methoxy groups -OCH3 is 1. The molecular weight excluding hydrogens is 336 g/mol. The highest BCUT2D eigenvalue weighted by molar-refractivity contribution is 5.58. The molecular formula is C22H32N4O+2. The van der Waals surface area contributed by atoms with Gasteiger partial charge in [-0.15, -0.1) is 0 Å². The molecule has 3 heterocycles. The summed E-state index contributed by atoms with van der Waals surface area (Å²) in [4.78, 5) is 10.5. The average Bonchev–Trinajstić information content (AvgIpc) is 2.75. The second kappa shape index (κ2) is 8.72. The molecule has 2 aliphatic rings. The van der Waals surface area contributed by atoms with Crippen molar-refractivity contribution in [3.8, 4) is 5.75 Å². The van der Waals surface area contributed by atoms with E-state index in [4.69, 9.17) is 4.74 Å². The number of aromatic nitrogens is 1. The highest BCUT2D eigenvalue weighted by atomic mass is 16.5. The van der Waals surface area contributed by atoms with Crippen LogP contribution in [0, 0.1) is 0 Å². The summed E-state index contributed by atoms with van der Waals surface area (Å²) in [6.45, 7) is 8.34. The lowest BCUT2D eigenvalue weighted by Crippen LogP contribution is -3.21. The van der Waals surface area contributed by atoms with Crippen molar-refractivity contribution in [1.29, 1.82) is 0 Å². The Morgan fingerprint density at radius 2 is 1.74 bits per heavy atom. The molecule has 5 heteroatoms. The van der Waals surface area contributed by atoms with Gasteiger partial charge in [0.15, 0.2) is 0 Å². The number of nitrogens with zero attached hydrogens (tertiary/aromatic N) is 2. The molecule has 0 spiro atoms. The number of anilines is 1. The van der Waals surface area contributed by atoms with Gasteiger partial charge in [0, 0.05) is 19.0 Å². The van der Waals surface area contributed by atoms with Crippen LogP contribution in [0.2, 0.25) is 0 Å². The Kier molecular flexibility index (Phi) is 5.90. The molecule has 0 aliphatic carbocycles. The fraction of sp³-hybridized carbons (Fsp3) is 0.500. The van der Waals surface area contributed by atoms with Crippen LogP contribution in [0.5, 0.6) is 5.75 Å². The number of ether oxygens (including phenoxy) is 1. The van der Waals surface area contributed by atoms with Gasteiger partial charge in [0.25, 0.3) is 0 Å². The molecule has 1 aromatic carbocycles. The van der Waals surface area contributed by atoms with Crippen molar-refractivity contribution >= 4 is 5.69 Å². The molecule has 0 bridgehead atoms. The number of nitrogens with one attached hydrogen (secondary N) is 2. The molecule has 4 rings (SSSR count). The van der Waals surface area contributed by atoms with E-state index in [2.05, 4.69) is 40.2 Å². The predicted molar refractivity (Wildman–Crippen MR) is 108 cm³/mol. The van der Waals surface area contributed by atoms with Crippen LogP contribution in [0.3, 0.4) is 0 Å². The number of hydrogen-bond donors (Lipinski definition) is 2. The summed E-state index contributed by atoms with van der Waals surface area (Å²) in [5, 5.41) is 0. The Labute approximate surface area is 162 Å². The van der Waals surface area contributed by atoms with Crippen molar-refractivity contribution in [2.24, 2.45) is 0 Å². The lowest BCUT2D eigenvalue weighted by atomic mass is 10.0. The lowest BCUT2D eigenvalue weighted by molar-refractivity contribution is -0.963. The third kappa shape index (κ3) is 4.42. The molecule has 0 amide bonds. The zero-order valence-corrected chi connectivity index (χ0v) is 16.4. The molecule has 0 saturated carbocycles. The van der Waals surface area contributed by atoms with E-state index in [0.29, 0.717) is 0 Å². The van der Waals surface area contributed by atoms with E-state index < -0.39 is 0 Å². The van der Waals surface area contributed by atoms with Gasteiger partial charge < -0.3 is 19.4 Å². The number of benzene rings is 1. The first-order valence-corrected chi connectivity index (χ1v) is 10.3. The number of hydrogen-bond acceptors (Lipinski definition) is 3. The van der Waals surface area contributed by atoms with Gasteiger partial charge >= 0.3 is 0 Å². The van der Waals surface area contributed by atoms with Gasteiger partial charge in [0.1, 0.15) is 12.3 Å². The highest BCUT2D eigenvalue weighted by Gasteiger charge is 2.32. The van der Waals surface area contributed by atoms with Gasteiger partial charge in [-0.1, -0.05) is 18.2 Å². The van der Waals surface area contributed by atoms with Gasteiger partial charge in [0.05, 0.1) is 63.8 Å². The Balaban J connectivity index is 1.26. The standard InChI is InChI=1S/C22H30N4O/c1-27-22-8-3-2-7-21(22)26-16-14-25(15-17-26)20-9-12-24(13-10-20)18-19-6-4-5-11-23-19/h2-8,11,20H,9-10,12-18H2,1H3/p+2. The number of piperidine rings is 1. The smallest absolute Gasteiger partial charge is 0.142 e. The molecule has 0 unspecified atom stereocenters. The van der Waals surface area contributed by atoms with E-state index in [-0.39, 0.29) is 0 Å². The van der Waals surface area contributed by atoms with Crippen LogP contribution in [0.4, 0.5) is 5.69 Å². The van der Waals surface area contributed by atoms with Crippen molar-refractivity contribution in [2.75, 3.05) is 51.3 Å². The van der Waals surface area contributed by atoms with E-state index in [1.807, 2.05) is 18.3 Å². The van der Waals surface area contributed by atoms with E-state index in [1.165, 1.54) is 50.4 Å². The zero-order chi connectivity index (χ0) is 18.5. The number of piperazine rings is 1. The van der Waals surface area contributed by atoms with Crippen LogP contribution < -0.4 is 19.4 Å². The number of quaternary nitrogens is 2. The molecule has 5 nitrogen and oxygen atoms in total. The van der Waals surface area contributed by atoms with Crippen LogP contribution in [0.1, 0.15) is 18.5 Å². The largest absolute Gasteiger partial charge is 0.495 e. The van der Waals surface area contributed by atoms with Crippen LogP contribution in [-0.4, -0.2) is 57.4 Å². The Morgan fingerprint density at radius 1 is 1.00 bits per heavy atom. The van der Waals surface area contributed by atoms with E-state index in [9.17, 15) is 0 Å². The van der Waals surface area contributed by atoms with Gasteiger partial charge in [-0.05, 0) is 24.3 Å². The van der Waals surface area contributed by atoms with Crippen molar-refractivity contribution in [2.45, 2.75) is 25.4 Å². The topological polar surface area (TPSA) is 34.2 Å². The second-order valence-corrected chi connectivity index (χ2v) is 7.84. The fourth-order valence-electron chi connectivity index (χ4n) is 4.70. The summed E-state index contributed by atoms with van der Waals surface area (Å²) in [5.41, 5.74) is 2.47. The maximum atomic E-state index is 5.55. The number of likely N-dealkylation sites (tertiary alicyclic amines) is 1. The summed E-state index contributed by atoms with van der Waals surface area (Å²) < 4.78 is 5.55. The quantitative estimate of drug-likeness (QED) is 0.782. The maximum Gasteiger partial charge on any atom is 0.142 e. The first-order chi connectivity index (χ1) is 13.3. The molecule has 2 saturated heterocycles. The zero-order valence-electron chi connectivity index (χ0n) is 16.4. The lowest BCUT2D eigenvalue weighted by Gasteiger charge is -2.40. The summed E-state index contributed by atoms with van der Waals surface area (Å²) in [6, 6.07) is 15.5. The summed E-state index contributed by atoms with van der Waals surface area (Å²) >= 11 is 0. The summed E-state index contributed by atoms with van der Waals surface area (Å²) in [7, 11) is 1.77. The third-order valence-electron chi connectivity index (χ3n) is 6.26. The minimum Gasteiger partial charge on any atom is -0.495 e. The van der Waals surface area contributed by atoms with Gasteiger partial charge in [-0.25, -0.2) is 0 Å². The summed E-state index contributed by atoms with van der Waals surface area (Å²) in [5.74, 6) is 0.993. The number of para-hydroxylation sites is 2. The Hall–Kier alpha value is -2.11. The van der Waals surface area contributed by atoms with Gasteiger partial charge in [-0.2, -0.15) is 0 Å². The Morgan fingerprint density at radius 3 is 2.44 bits per heavy atom. The van der Waals surface area contributed by atoms with Crippen molar-refractivity contribution in [1.82, 2.24) is 4.98 Å². The van der Waals surface area contributed by atoms with Crippen LogP contribution >= 0.6 is 0 Å². The average molecular weight is 369 g/mol. The first kappa shape index (κ1) is 18.3. The van der Waals surface area contributed by atoms with Crippen molar-refractivity contribution in [3.05, 3.63) is 54.4 Å².